The smallest absolute Gasteiger partial charge is 0.242 e. The maximum absolute atomic E-state index is 14.1. The summed E-state index contributed by atoms with van der Waals surface area (Å²) in [5.41, 5.74) is 0.840. The van der Waals surface area contributed by atoms with E-state index in [4.69, 9.17) is 23.2 Å². The number of carbonyl (C=O) groups is 2. The topological polar surface area (TPSA) is 49.4 Å². The van der Waals surface area contributed by atoms with Gasteiger partial charge in [-0.2, -0.15) is 0 Å². The highest BCUT2D eigenvalue weighted by molar-refractivity contribution is 6.36. The number of rotatable bonds is 7. The summed E-state index contributed by atoms with van der Waals surface area (Å²) in [5.74, 6) is -1.05. The van der Waals surface area contributed by atoms with Crippen molar-refractivity contribution >= 4 is 35.0 Å². The molecule has 2 amide bonds. The third-order valence-corrected chi connectivity index (χ3v) is 6.52. The molecule has 0 aliphatic heterocycles. The predicted molar refractivity (Wildman–Crippen MR) is 122 cm³/mol. The minimum atomic E-state index is -0.756. The van der Waals surface area contributed by atoms with Crippen LogP contribution in [0.25, 0.3) is 0 Å². The largest absolute Gasteiger partial charge is 0.352 e. The number of nitrogens with zero attached hydrogens (tertiary/aromatic N) is 1. The van der Waals surface area contributed by atoms with E-state index in [0.29, 0.717) is 15.6 Å². The summed E-state index contributed by atoms with van der Waals surface area (Å²) in [5, 5.41) is 3.90. The van der Waals surface area contributed by atoms with Gasteiger partial charge < -0.3 is 10.2 Å². The maximum Gasteiger partial charge on any atom is 0.242 e. The summed E-state index contributed by atoms with van der Waals surface area (Å²) in [6, 6.07) is 10.6. The van der Waals surface area contributed by atoms with Crippen molar-refractivity contribution in [1.29, 1.82) is 0 Å². The number of hydrogen-bond acceptors (Lipinski definition) is 2. The van der Waals surface area contributed by atoms with Gasteiger partial charge >= 0.3 is 0 Å². The van der Waals surface area contributed by atoms with E-state index < -0.39 is 11.9 Å². The Balaban J connectivity index is 1.82. The van der Waals surface area contributed by atoms with Crippen LogP contribution in [0.1, 0.15) is 50.2 Å². The molecule has 31 heavy (non-hydrogen) atoms. The molecular formula is C24H27Cl2FN2O2. The van der Waals surface area contributed by atoms with Crippen molar-refractivity contribution in [2.75, 3.05) is 0 Å². The number of benzene rings is 2. The molecular weight excluding hydrogens is 438 g/mol. The highest BCUT2D eigenvalue weighted by Crippen LogP contribution is 2.27. The van der Waals surface area contributed by atoms with Crippen LogP contribution >= 0.6 is 23.2 Å². The van der Waals surface area contributed by atoms with E-state index in [9.17, 15) is 14.0 Å². The van der Waals surface area contributed by atoms with Crippen LogP contribution in [0.15, 0.2) is 42.5 Å². The molecule has 0 saturated heterocycles. The van der Waals surface area contributed by atoms with Crippen LogP contribution in [0.3, 0.4) is 0 Å². The molecule has 1 fully saturated rings. The van der Waals surface area contributed by atoms with Crippen molar-refractivity contribution in [3.8, 4) is 0 Å². The molecule has 7 heteroatoms. The van der Waals surface area contributed by atoms with Crippen molar-refractivity contribution in [3.63, 3.8) is 0 Å². The summed E-state index contributed by atoms with van der Waals surface area (Å²) < 4.78 is 14.1. The van der Waals surface area contributed by atoms with Gasteiger partial charge in [0, 0.05) is 28.2 Å². The normalized spacial score (nSPS) is 15.4. The molecule has 1 aliphatic carbocycles. The second kappa shape index (κ2) is 11.0. The average Bonchev–Trinajstić information content (AvgIpc) is 2.75. The van der Waals surface area contributed by atoms with Gasteiger partial charge in [-0.15, -0.1) is 0 Å². The van der Waals surface area contributed by atoms with E-state index in [1.54, 1.807) is 43.3 Å². The monoisotopic (exact) mass is 464 g/mol. The number of halogens is 3. The van der Waals surface area contributed by atoms with Crippen LogP contribution in [0.2, 0.25) is 10.0 Å². The summed E-state index contributed by atoms with van der Waals surface area (Å²) >= 11 is 12.6. The van der Waals surface area contributed by atoms with Gasteiger partial charge in [-0.3, -0.25) is 9.59 Å². The first kappa shape index (κ1) is 23.6. The minimum absolute atomic E-state index is 0.0606. The molecule has 0 heterocycles. The summed E-state index contributed by atoms with van der Waals surface area (Å²) in [6.45, 7) is 1.74. The third-order valence-electron chi connectivity index (χ3n) is 5.81. The minimum Gasteiger partial charge on any atom is -0.352 e. The fourth-order valence-corrected chi connectivity index (χ4v) is 4.43. The molecule has 3 rings (SSSR count). The molecule has 1 aliphatic rings. The van der Waals surface area contributed by atoms with Gasteiger partial charge in [0.15, 0.2) is 0 Å². The van der Waals surface area contributed by atoms with Crippen LogP contribution in [-0.4, -0.2) is 28.8 Å². The SMILES string of the molecule is C[C@@H](C(=O)NC1CCCCC1)N(Cc1c(Cl)cccc1Cl)C(=O)Cc1ccccc1F. The molecule has 0 unspecified atom stereocenters. The Morgan fingerprint density at radius 1 is 1.06 bits per heavy atom. The van der Waals surface area contributed by atoms with Gasteiger partial charge in [0.05, 0.1) is 6.42 Å². The van der Waals surface area contributed by atoms with Gasteiger partial charge in [-0.25, -0.2) is 4.39 Å². The number of amides is 2. The maximum atomic E-state index is 14.1. The highest BCUT2D eigenvalue weighted by Gasteiger charge is 2.29. The second-order valence-corrected chi connectivity index (χ2v) is 8.82. The lowest BCUT2D eigenvalue weighted by molar-refractivity contribution is -0.140. The van der Waals surface area contributed by atoms with Crippen molar-refractivity contribution in [2.45, 2.75) is 64.1 Å². The molecule has 0 aromatic heterocycles. The van der Waals surface area contributed by atoms with Crippen LogP contribution in [-0.2, 0) is 22.6 Å². The van der Waals surface area contributed by atoms with Gasteiger partial charge in [0.1, 0.15) is 11.9 Å². The Morgan fingerprint density at radius 3 is 2.35 bits per heavy atom. The lowest BCUT2D eigenvalue weighted by Gasteiger charge is -2.31. The van der Waals surface area contributed by atoms with Crippen LogP contribution < -0.4 is 5.32 Å². The molecule has 166 valence electrons. The van der Waals surface area contributed by atoms with E-state index in [0.717, 1.165) is 25.7 Å². The van der Waals surface area contributed by atoms with E-state index in [1.807, 2.05) is 0 Å². The second-order valence-electron chi connectivity index (χ2n) is 8.01. The molecule has 1 atom stereocenters. The van der Waals surface area contributed by atoms with Gasteiger partial charge in [-0.05, 0) is 43.5 Å². The predicted octanol–water partition coefficient (Wildman–Crippen LogP) is 5.54. The molecule has 2 aromatic carbocycles. The number of nitrogens with one attached hydrogen (secondary N) is 1. The standard InChI is InChI=1S/C24H27Cl2FN2O2/c1-16(24(31)28-18-9-3-2-4-10-18)29(15-19-20(25)11-7-12-21(19)26)23(30)14-17-8-5-6-13-22(17)27/h5-8,11-13,16,18H,2-4,9-10,14-15H2,1H3,(H,28,31)/t16-/m0/s1. The Labute approximate surface area is 192 Å². The first-order chi connectivity index (χ1) is 14.9. The van der Waals surface area contributed by atoms with E-state index in [1.165, 1.54) is 17.4 Å². The Hall–Kier alpha value is -2.11. The Morgan fingerprint density at radius 2 is 1.71 bits per heavy atom. The summed E-state index contributed by atoms with van der Waals surface area (Å²) in [7, 11) is 0. The summed E-state index contributed by atoms with van der Waals surface area (Å²) in [6.07, 6.45) is 5.08. The third kappa shape index (κ3) is 6.20. The number of carbonyl (C=O) groups excluding carboxylic acids is 2. The lowest BCUT2D eigenvalue weighted by atomic mass is 9.95. The average molecular weight is 465 g/mol. The van der Waals surface area contributed by atoms with E-state index >= 15 is 0 Å². The van der Waals surface area contributed by atoms with Crippen molar-refractivity contribution in [2.24, 2.45) is 0 Å². The lowest BCUT2D eigenvalue weighted by Crippen LogP contribution is -2.50. The van der Waals surface area contributed by atoms with E-state index in [-0.39, 0.29) is 36.4 Å². The van der Waals surface area contributed by atoms with Crippen molar-refractivity contribution in [1.82, 2.24) is 10.2 Å². The zero-order chi connectivity index (χ0) is 22.4. The fourth-order valence-electron chi connectivity index (χ4n) is 3.91. The molecule has 4 nitrogen and oxygen atoms in total. The van der Waals surface area contributed by atoms with Crippen molar-refractivity contribution in [3.05, 3.63) is 69.5 Å². The zero-order valence-electron chi connectivity index (χ0n) is 17.5. The molecule has 0 spiro atoms. The molecule has 0 bridgehead atoms. The van der Waals surface area contributed by atoms with Crippen LogP contribution in [0.4, 0.5) is 4.39 Å². The highest BCUT2D eigenvalue weighted by atomic mass is 35.5. The number of hydrogen-bond donors (Lipinski definition) is 1. The van der Waals surface area contributed by atoms with Crippen molar-refractivity contribution < 1.29 is 14.0 Å². The first-order valence-electron chi connectivity index (χ1n) is 10.6. The van der Waals surface area contributed by atoms with Crippen LogP contribution in [0.5, 0.6) is 0 Å². The fraction of sp³-hybridized carbons (Fsp3) is 0.417. The quantitative estimate of drug-likeness (QED) is 0.584. The van der Waals surface area contributed by atoms with Crippen LogP contribution in [0, 0.1) is 5.82 Å². The molecule has 0 radical (unpaired) electrons. The zero-order valence-corrected chi connectivity index (χ0v) is 19.1. The van der Waals surface area contributed by atoms with Gasteiger partial charge in [-0.1, -0.05) is 66.7 Å². The van der Waals surface area contributed by atoms with Gasteiger partial charge in [0.2, 0.25) is 11.8 Å². The Bertz CT molecular complexity index is 911. The van der Waals surface area contributed by atoms with E-state index in [2.05, 4.69) is 5.32 Å². The Kier molecular flexibility index (Phi) is 8.33. The molecule has 1 saturated carbocycles. The summed E-state index contributed by atoms with van der Waals surface area (Å²) in [4.78, 5) is 27.6. The molecule has 2 aromatic rings. The van der Waals surface area contributed by atoms with Gasteiger partial charge in [0.25, 0.3) is 0 Å². The first-order valence-corrected chi connectivity index (χ1v) is 11.4. The molecule has 1 N–H and O–H groups in total.